The van der Waals surface area contributed by atoms with Crippen molar-refractivity contribution in [3.05, 3.63) is 130 Å². The van der Waals surface area contributed by atoms with Gasteiger partial charge < -0.3 is 10.2 Å². The summed E-state index contributed by atoms with van der Waals surface area (Å²) in [7, 11) is -4.23. The smallest absolute Gasteiger partial charge is 0.264 e. The minimum atomic E-state index is -4.23. The minimum Gasteiger partial charge on any atom is -0.354 e. The number of hydrogen-bond donors (Lipinski definition) is 1. The fourth-order valence-electron chi connectivity index (χ4n) is 4.70. The molecule has 0 saturated carbocycles. The van der Waals surface area contributed by atoms with Crippen LogP contribution in [0.25, 0.3) is 0 Å². The van der Waals surface area contributed by atoms with Crippen molar-refractivity contribution in [3.63, 3.8) is 0 Å². The van der Waals surface area contributed by atoms with E-state index in [1.54, 1.807) is 18.2 Å². The summed E-state index contributed by atoms with van der Waals surface area (Å²) < 4.78 is 29.1. The molecule has 4 aromatic rings. The Kier molecular flexibility index (Phi) is 11.4. The van der Waals surface area contributed by atoms with Crippen LogP contribution in [0, 0.1) is 6.92 Å². The van der Waals surface area contributed by atoms with Gasteiger partial charge in [-0.3, -0.25) is 13.9 Å². The molecule has 0 saturated heterocycles. The van der Waals surface area contributed by atoms with Gasteiger partial charge in [0.15, 0.2) is 0 Å². The van der Waals surface area contributed by atoms with Crippen molar-refractivity contribution >= 4 is 50.7 Å². The number of rotatable bonds is 13. The number of carbonyl (C=O) groups excluding carboxylic acids is 2. The Morgan fingerprint density at radius 2 is 1.45 bits per heavy atom. The molecule has 0 aliphatic carbocycles. The average molecular weight is 653 g/mol. The first-order valence-corrected chi connectivity index (χ1v) is 16.5. The molecule has 1 atom stereocenters. The van der Waals surface area contributed by atoms with Crippen LogP contribution in [0.1, 0.15) is 30.0 Å². The summed E-state index contributed by atoms with van der Waals surface area (Å²) in [6, 6.07) is 28.4. The van der Waals surface area contributed by atoms with Gasteiger partial charge in [-0.05, 0) is 54.8 Å². The number of hydrogen-bond acceptors (Lipinski definition) is 4. The highest BCUT2D eigenvalue weighted by Gasteiger charge is 2.34. The van der Waals surface area contributed by atoms with Crippen molar-refractivity contribution in [2.45, 2.75) is 44.2 Å². The largest absolute Gasteiger partial charge is 0.354 e. The summed E-state index contributed by atoms with van der Waals surface area (Å²) in [4.78, 5) is 29.6. The lowest BCUT2D eigenvalue weighted by Gasteiger charge is -2.34. The van der Waals surface area contributed by atoms with Crippen LogP contribution in [0.4, 0.5) is 5.69 Å². The molecule has 0 aliphatic rings. The number of nitrogens with one attached hydrogen (secondary N) is 1. The van der Waals surface area contributed by atoms with Crippen LogP contribution in [-0.4, -0.2) is 44.3 Å². The summed E-state index contributed by atoms with van der Waals surface area (Å²) >= 11 is 12.5. The van der Waals surface area contributed by atoms with Gasteiger partial charge in [-0.15, -0.1) is 0 Å². The number of halogens is 2. The van der Waals surface area contributed by atoms with Gasteiger partial charge in [-0.1, -0.05) is 108 Å². The summed E-state index contributed by atoms with van der Waals surface area (Å²) in [6.07, 6.45) is 0.961. The number of aryl methyl sites for hydroxylation is 1. The zero-order valence-corrected chi connectivity index (χ0v) is 26.9. The summed E-state index contributed by atoms with van der Waals surface area (Å²) in [5, 5.41) is 3.33. The van der Waals surface area contributed by atoms with Gasteiger partial charge >= 0.3 is 0 Å². The Morgan fingerprint density at radius 3 is 2.07 bits per heavy atom. The van der Waals surface area contributed by atoms with Crippen molar-refractivity contribution in [1.29, 1.82) is 0 Å². The van der Waals surface area contributed by atoms with Crippen molar-refractivity contribution in [2.75, 3.05) is 17.4 Å². The number of carbonyl (C=O) groups is 2. The fraction of sp³-hybridized carbons (Fsp3) is 0.235. The van der Waals surface area contributed by atoms with E-state index in [4.69, 9.17) is 23.2 Å². The van der Waals surface area contributed by atoms with E-state index in [0.717, 1.165) is 27.4 Å². The molecule has 1 N–H and O–H groups in total. The molecule has 0 aromatic heterocycles. The third-order valence-corrected chi connectivity index (χ3v) is 9.62. The van der Waals surface area contributed by atoms with Crippen LogP contribution in [0.15, 0.2) is 108 Å². The Bertz CT molecular complexity index is 1670. The van der Waals surface area contributed by atoms with E-state index in [1.807, 2.05) is 68.4 Å². The number of amides is 2. The quantitative estimate of drug-likeness (QED) is 0.175. The van der Waals surface area contributed by atoms with Gasteiger partial charge in [0.2, 0.25) is 11.8 Å². The Balaban J connectivity index is 1.80. The maximum Gasteiger partial charge on any atom is 0.264 e. The molecule has 0 unspecified atom stereocenters. The molecular weight excluding hydrogens is 617 g/mol. The number of benzene rings is 4. The van der Waals surface area contributed by atoms with Crippen LogP contribution in [0.3, 0.4) is 0 Å². The molecule has 0 spiro atoms. The number of sulfonamides is 1. The molecule has 0 heterocycles. The van der Waals surface area contributed by atoms with E-state index in [-0.39, 0.29) is 39.5 Å². The van der Waals surface area contributed by atoms with Crippen LogP contribution in [-0.2, 0) is 32.6 Å². The van der Waals surface area contributed by atoms with E-state index < -0.39 is 28.5 Å². The van der Waals surface area contributed by atoms with Crippen LogP contribution < -0.4 is 9.62 Å². The molecule has 0 aliphatic heterocycles. The van der Waals surface area contributed by atoms with E-state index >= 15 is 0 Å². The molecule has 2 amide bonds. The van der Waals surface area contributed by atoms with Crippen molar-refractivity contribution in [2.24, 2.45) is 0 Å². The molecular formula is C34H35Cl2N3O4S. The van der Waals surface area contributed by atoms with Gasteiger partial charge in [-0.2, -0.15) is 0 Å². The van der Waals surface area contributed by atoms with Crippen molar-refractivity contribution in [1.82, 2.24) is 10.2 Å². The SMILES string of the molecule is CCCNC(=O)[C@@H](Cc1ccccc1)N(Cc1ccc(C)cc1)C(=O)CN(c1ccc(Cl)c(Cl)c1)S(=O)(=O)c1ccccc1. The second kappa shape index (κ2) is 15.2. The molecule has 7 nitrogen and oxygen atoms in total. The van der Waals surface area contributed by atoms with Gasteiger partial charge in [0, 0.05) is 19.5 Å². The lowest BCUT2D eigenvalue weighted by molar-refractivity contribution is -0.140. The molecule has 10 heteroatoms. The van der Waals surface area contributed by atoms with Gasteiger partial charge in [-0.25, -0.2) is 8.42 Å². The van der Waals surface area contributed by atoms with Gasteiger partial charge in [0.05, 0.1) is 20.6 Å². The molecule has 44 heavy (non-hydrogen) atoms. The zero-order valence-electron chi connectivity index (χ0n) is 24.6. The van der Waals surface area contributed by atoms with E-state index in [0.29, 0.717) is 6.54 Å². The Morgan fingerprint density at radius 1 is 0.818 bits per heavy atom. The van der Waals surface area contributed by atoms with Crippen molar-refractivity contribution in [3.8, 4) is 0 Å². The molecule has 0 bridgehead atoms. The number of nitrogens with zero attached hydrogens (tertiary/aromatic N) is 2. The lowest BCUT2D eigenvalue weighted by Crippen LogP contribution is -2.53. The third kappa shape index (κ3) is 8.40. The summed E-state index contributed by atoms with van der Waals surface area (Å²) in [6.45, 7) is 3.87. The first-order chi connectivity index (χ1) is 21.1. The molecule has 4 rings (SSSR count). The fourth-order valence-corrected chi connectivity index (χ4v) is 6.42. The molecule has 0 radical (unpaired) electrons. The molecule has 4 aromatic carbocycles. The monoisotopic (exact) mass is 651 g/mol. The normalized spacial score (nSPS) is 11.9. The molecule has 230 valence electrons. The first kappa shape index (κ1) is 33.1. The predicted molar refractivity (Wildman–Crippen MR) is 176 cm³/mol. The standard InChI is InChI=1S/C34H35Cl2N3O4S/c1-3-20-37-34(41)32(21-26-10-6-4-7-11-26)38(23-27-16-14-25(2)15-17-27)33(40)24-39(28-18-19-30(35)31(36)22-28)44(42,43)29-12-8-5-9-13-29/h4-19,22,32H,3,20-21,23-24H2,1-2H3,(H,37,41)/t32-/m1/s1. The summed E-state index contributed by atoms with van der Waals surface area (Å²) in [5.74, 6) is -0.869. The average Bonchev–Trinajstić information content (AvgIpc) is 3.03. The second-order valence-electron chi connectivity index (χ2n) is 10.4. The van der Waals surface area contributed by atoms with Crippen molar-refractivity contribution < 1.29 is 18.0 Å². The zero-order chi connectivity index (χ0) is 31.7. The lowest BCUT2D eigenvalue weighted by atomic mass is 10.0. The van der Waals surface area contributed by atoms with E-state index in [1.165, 1.54) is 35.2 Å². The second-order valence-corrected chi connectivity index (χ2v) is 13.1. The van der Waals surface area contributed by atoms with Crippen LogP contribution in [0.5, 0.6) is 0 Å². The van der Waals surface area contributed by atoms with Gasteiger partial charge in [0.1, 0.15) is 12.6 Å². The van der Waals surface area contributed by atoms with Crippen LogP contribution >= 0.6 is 23.2 Å². The molecule has 0 fully saturated rings. The van der Waals surface area contributed by atoms with Gasteiger partial charge in [0.25, 0.3) is 10.0 Å². The van der Waals surface area contributed by atoms with E-state index in [9.17, 15) is 18.0 Å². The number of anilines is 1. The summed E-state index contributed by atoms with van der Waals surface area (Å²) in [5.41, 5.74) is 2.89. The first-order valence-electron chi connectivity index (χ1n) is 14.3. The highest BCUT2D eigenvalue weighted by Crippen LogP contribution is 2.31. The third-order valence-electron chi connectivity index (χ3n) is 7.10. The predicted octanol–water partition coefficient (Wildman–Crippen LogP) is 6.66. The maximum absolute atomic E-state index is 14.4. The highest BCUT2D eigenvalue weighted by atomic mass is 35.5. The Hall–Kier alpha value is -3.85. The van der Waals surface area contributed by atoms with E-state index in [2.05, 4.69) is 5.32 Å². The highest BCUT2D eigenvalue weighted by molar-refractivity contribution is 7.92. The topological polar surface area (TPSA) is 86.8 Å². The minimum absolute atomic E-state index is 0.00508. The Labute approximate surface area is 269 Å². The van der Waals surface area contributed by atoms with Crippen LogP contribution in [0.2, 0.25) is 10.0 Å². The maximum atomic E-state index is 14.4.